The van der Waals surface area contributed by atoms with Crippen LogP contribution in [-0.2, 0) is 0 Å². The number of methoxy groups -OCH3 is 1. The van der Waals surface area contributed by atoms with E-state index in [-0.39, 0.29) is 5.92 Å². The molecule has 2 rings (SSSR count). The second-order valence-corrected chi connectivity index (χ2v) is 5.06. The molecule has 0 aromatic heterocycles. The van der Waals surface area contributed by atoms with Crippen molar-refractivity contribution >= 4 is 18.2 Å². The number of ether oxygens (including phenoxy) is 1. The van der Waals surface area contributed by atoms with Crippen molar-refractivity contribution in [3.63, 3.8) is 0 Å². The number of benzene rings is 2. The molecule has 0 heterocycles. The molecular weight excluding hydrogens is 276 g/mol. The normalized spacial score (nSPS) is 12.1. The third kappa shape index (κ3) is 3.95. The Hall–Kier alpha value is -2.62. The summed E-state index contributed by atoms with van der Waals surface area (Å²) in [5.74, 6) is 0.964. The van der Waals surface area contributed by atoms with E-state index in [9.17, 15) is 4.79 Å². The van der Waals surface area contributed by atoms with Crippen molar-refractivity contribution in [1.29, 1.82) is 0 Å². The highest BCUT2D eigenvalue weighted by atomic mass is 16.5. The standard InChI is InChI=1S/C18H20N2O2/c1-14(16-9-7-15(13-21)8-10-16)12-19-20(2)17-5-4-6-18(11-17)22-3/h4-14H,1-3H3/b19-12-. The van der Waals surface area contributed by atoms with Crippen molar-refractivity contribution in [3.8, 4) is 5.75 Å². The minimum Gasteiger partial charge on any atom is -0.497 e. The van der Waals surface area contributed by atoms with E-state index in [4.69, 9.17) is 4.74 Å². The van der Waals surface area contributed by atoms with Crippen LogP contribution in [0, 0.1) is 0 Å². The lowest BCUT2D eigenvalue weighted by molar-refractivity contribution is 0.112. The van der Waals surface area contributed by atoms with Crippen molar-refractivity contribution in [2.24, 2.45) is 5.10 Å². The van der Waals surface area contributed by atoms with E-state index in [2.05, 4.69) is 12.0 Å². The maximum atomic E-state index is 10.7. The van der Waals surface area contributed by atoms with Crippen molar-refractivity contribution in [1.82, 2.24) is 0 Å². The first kappa shape index (κ1) is 15.8. The zero-order chi connectivity index (χ0) is 15.9. The largest absolute Gasteiger partial charge is 0.497 e. The molecule has 0 aliphatic rings. The van der Waals surface area contributed by atoms with Gasteiger partial charge in [0.1, 0.15) is 12.0 Å². The fourth-order valence-corrected chi connectivity index (χ4v) is 2.04. The lowest BCUT2D eigenvalue weighted by Crippen LogP contribution is -2.10. The molecule has 0 saturated carbocycles. The minimum absolute atomic E-state index is 0.161. The molecule has 4 nitrogen and oxygen atoms in total. The molecule has 0 saturated heterocycles. The summed E-state index contributed by atoms with van der Waals surface area (Å²) in [6.07, 6.45) is 2.73. The van der Waals surface area contributed by atoms with Gasteiger partial charge in [0, 0.05) is 30.8 Å². The smallest absolute Gasteiger partial charge is 0.150 e. The molecule has 0 N–H and O–H groups in total. The van der Waals surface area contributed by atoms with E-state index in [0.717, 1.165) is 23.3 Å². The first-order chi connectivity index (χ1) is 10.6. The van der Waals surface area contributed by atoms with Gasteiger partial charge in [-0.1, -0.05) is 37.3 Å². The second-order valence-electron chi connectivity index (χ2n) is 5.06. The zero-order valence-electron chi connectivity index (χ0n) is 13.1. The van der Waals surface area contributed by atoms with Gasteiger partial charge in [-0.05, 0) is 17.7 Å². The molecule has 0 bridgehead atoms. The van der Waals surface area contributed by atoms with Gasteiger partial charge in [0.05, 0.1) is 12.8 Å². The van der Waals surface area contributed by atoms with E-state index in [1.54, 1.807) is 12.1 Å². The van der Waals surface area contributed by atoms with Gasteiger partial charge >= 0.3 is 0 Å². The molecule has 0 aliphatic heterocycles. The number of nitrogens with zero attached hydrogens (tertiary/aromatic N) is 2. The average molecular weight is 296 g/mol. The van der Waals surface area contributed by atoms with Gasteiger partial charge in [-0.2, -0.15) is 5.10 Å². The van der Waals surface area contributed by atoms with Crippen LogP contribution >= 0.6 is 0 Å². The van der Waals surface area contributed by atoms with Gasteiger partial charge in [-0.3, -0.25) is 9.80 Å². The molecule has 22 heavy (non-hydrogen) atoms. The topological polar surface area (TPSA) is 41.9 Å². The van der Waals surface area contributed by atoms with Crippen molar-refractivity contribution in [2.45, 2.75) is 12.8 Å². The Balaban J connectivity index is 2.07. The molecule has 4 heteroatoms. The summed E-state index contributed by atoms with van der Waals surface area (Å²) < 4.78 is 5.21. The molecule has 0 amide bonds. The highest BCUT2D eigenvalue weighted by molar-refractivity contribution is 5.75. The van der Waals surface area contributed by atoms with Gasteiger partial charge < -0.3 is 4.74 Å². The maximum Gasteiger partial charge on any atom is 0.150 e. The van der Waals surface area contributed by atoms with Crippen LogP contribution in [0.5, 0.6) is 5.75 Å². The number of rotatable bonds is 6. The Morgan fingerprint density at radius 1 is 1.18 bits per heavy atom. The molecule has 1 atom stereocenters. The monoisotopic (exact) mass is 296 g/mol. The summed E-state index contributed by atoms with van der Waals surface area (Å²) >= 11 is 0. The highest BCUT2D eigenvalue weighted by Gasteiger charge is 2.04. The Morgan fingerprint density at radius 2 is 1.91 bits per heavy atom. The fourth-order valence-electron chi connectivity index (χ4n) is 2.04. The number of aldehydes is 1. The fraction of sp³-hybridized carbons (Fsp3) is 0.222. The summed E-state index contributed by atoms with van der Waals surface area (Å²) in [7, 11) is 3.54. The molecule has 114 valence electrons. The molecule has 2 aromatic rings. The zero-order valence-corrected chi connectivity index (χ0v) is 13.1. The van der Waals surface area contributed by atoms with E-state index in [0.29, 0.717) is 5.56 Å². The predicted octanol–water partition coefficient (Wildman–Crippen LogP) is 3.73. The van der Waals surface area contributed by atoms with Crippen LogP contribution in [0.2, 0.25) is 0 Å². The third-order valence-electron chi connectivity index (χ3n) is 3.49. The van der Waals surface area contributed by atoms with Crippen LogP contribution in [-0.4, -0.2) is 26.7 Å². The predicted molar refractivity (Wildman–Crippen MR) is 90.1 cm³/mol. The van der Waals surface area contributed by atoms with E-state index in [1.165, 1.54) is 0 Å². The Labute approximate surface area is 131 Å². The van der Waals surface area contributed by atoms with Gasteiger partial charge in [-0.25, -0.2) is 0 Å². The van der Waals surface area contributed by atoms with Crippen molar-refractivity contribution in [2.75, 3.05) is 19.2 Å². The van der Waals surface area contributed by atoms with Crippen LogP contribution < -0.4 is 9.75 Å². The summed E-state index contributed by atoms with van der Waals surface area (Å²) in [5.41, 5.74) is 2.76. The highest BCUT2D eigenvalue weighted by Crippen LogP contribution is 2.20. The summed E-state index contributed by atoms with van der Waals surface area (Å²) in [4.78, 5) is 10.7. The van der Waals surface area contributed by atoms with Crippen molar-refractivity contribution in [3.05, 3.63) is 59.7 Å². The van der Waals surface area contributed by atoms with E-state index < -0.39 is 0 Å². The number of carbonyl (C=O) groups excluding carboxylic acids is 1. The van der Waals surface area contributed by atoms with Crippen LogP contribution in [0.4, 0.5) is 5.69 Å². The van der Waals surface area contributed by atoms with Crippen LogP contribution in [0.15, 0.2) is 53.6 Å². The van der Waals surface area contributed by atoms with Crippen molar-refractivity contribution < 1.29 is 9.53 Å². The second kappa shape index (κ2) is 7.41. The number of carbonyl (C=O) groups is 1. The first-order valence-corrected chi connectivity index (χ1v) is 7.11. The van der Waals surface area contributed by atoms with E-state index in [1.807, 2.05) is 61.8 Å². The minimum atomic E-state index is 0.161. The van der Waals surface area contributed by atoms with Gasteiger partial charge in [-0.15, -0.1) is 0 Å². The van der Waals surface area contributed by atoms with Gasteiger partial charge in [0.25, 0.3) is 0 Å². The quantitative estimate of drug-likeness (QED) is 0.463. The van der Waals surface area contributed by atoms with E-state index >= 15 is 0 Å². The van der Waals surface area contributed by atoms with Gasteiger partial charge in [0.15, 0.2) is 0 Å². The number of anilines is 1. The summed E-state index contributed by atoms with van der Waals surface area (Å²) in [6, 6.07) is 15.3. The summed E-state index contributed by atoms with van der Waals surface area (Å²) in [5, 5.41) is 6.28. The number of hydrogen-bond donors (Lipinski definition) is 0. The molecule has 1 unspecified atom stereocenters. The summed E-state index contributed by atoms with van der Waals surface area (Å²) in [6.45, 7) is 2.07. The first-order valence-electron chi connectivity index (χ1n) is 7.11. The van der Waals surface area contributed by atoms with Crippen LogP contribution in [0.3, 0.4) is 0 Å². The molecule has 0 aliphatic carbocycles. The molecule has 0 radical (unpaired) electrons. The molecule has 2 aromatic carbocycles. The maximum absolute atomic E-state index is 10.7. The molecule has 0 spiro atoms. The Morgan fingerprint density at radius 3 is 2.55 bits per heavy atom. The number of hydrazone groups is 1. The Bertz CT molecular complexity index is 650. The van der Waals surface area contributed by atoms with Crippen LogP contribution in [0.1, 0.15) is 28.8 Å². The third-order valence-corrected chi connectivity index (χ3v) is 3.49. The van der Waals surface area contributed by atoms with Crippen LogP contribution in [0.25, 0.3) is 0 Å². The average Bonchev–Trinajstić information content (AvgIpc) is 2.59. The van der Waals surface area contributed by atoms with Gasteiger partial charge in [0.2, 0.25) is 0 Å². The lowest BCUT2D eigenvalue weighted by atomic mass is 10.0. The SMILES string of the molecule is COc1cccc(N(C)/N=C\C(C)c2ccc(C=O)cc2)c1. The number of hydrogen-bond acceptors (Lipinski definition) is 4. The molecular formula is C18H20N2O2. The Kier molecular flexibility index (Phi) is 5.31. The molecule has 0 fully saturated rings. The lowest BCUT2D eigenvalue weighted by Gasteiger charge is -2.15.